The van der Waals surface area contributed by atoms with Gasteiger partial charge in [-0.05, 0) is 45.7 Å². The van der Waals surface area contributed by atoms with Crippen LogP contribution in [0.2, 0.25) is 0 Å². The number of Topliss-reactive ketones (excluding diaryl/α,β-unsaturated/α-hetero) is 1. The van der Waals surface area contributed by atoms with Crippen molar-refractivity contribution in [3.63, 3.8) is 0 Å². The maximum atomic E-state index is 10.8. The molecule has 16 heavy (non-hydrogen) atoms. The van der Waals surface area contributed by atoms with E-state index in [1.807, 2.05) is 26.0 Å². The van der Waals surface area contributed by atoms with Crippen molar-refractivity contribution in [2.75, 3.05) is 0 Å². The maximum Gasteiger partial charge on any atom is 0.141 e. The highest BCUT2D eigenvalue weighted by atomic mass is 16.5. The van der Waals surface area contributed by atoms with Gasteiger partial charge in [-0.25, -0.2) is 0 Å². The highest BCUT2D eigenvalue weighted by Gasteiger charge is 2.06. The van der Waals surface area contributed by atoms with Gasteiger partial charge >= 0.3 is 0 Å². The summed E-state index contributed by atoms with van der Waals surface area (Å²) in [5.74, 6) is 1.06. The second-order valence-corrected chi connectivity index (χ2v) is 4.17. The molecule has 0 aliphatic heterocycles. The predicted octanol–water partition coefficient (Wildman–Crippen LogP) is 2.78. The van der Waals surface area contributed by atoms with Crippen molar-refractivity contribution in [2.45, 2.75) is 46.1 Å². The van der Waals surface area contributed by atoms with Gasteiger partial charge in [0.1, 0.15) is 11.5 Å². The van der Waals surface area contributed by atoms with Crippen LogP contribution in [-0.4, -0.2) is 16.9 Å². The molecule has 0 atom stereocenters. The summed E-state index contributed by atoms with van der Waals surface area (Å²) in [6, 6.07) is 3.79. The largest absolute Gasteiger partial charge is 0.489 e. The van der Waals surface area contributed by atoms with Crippen molar-refractivity contribution in [3.05, 3.63) is 24.0 Å². The number of hydrogen-bond donors (Lipinski definition) is 0. The van der Waals surface area contributed by atoms with Crippen LogP contribution in [0.1, 0.15) is 39.3 Å². The minimum atomic E-state index is 0.149. The van der Waals surface area contributed by atoms with Crippen LogP contribution >= 0.6 is 0 Å². The molecule has 0 saturated heterocycles. The average molecular weight is 221 g/mol. The van der Waals surface area contributed by atoms with E-state index in [0.29, 0.717) is 6.42 Å². The van der Waals surface area contributed by atoms with Crippen molar-refractivity contribution < 1.29 is 9.53 Å². The lowest BCUT2D eigenvalue weighted by atomic mass is 10.1. The number of aryl methyl sites for hydroxylation is 1. The van der Waals surface area contributed by atoms with Crippen LogP contribution in [0.3, 0.4) is 0 Å². The van der Waals surface area contributed by atoms with Gasteiger partial charge in [0.25, 0.3) is 0 Å². The van der Waals surface area contributed by atoms with Crippen LogP contribution in [0.4, 0.5) is 0 Å². The zero-order valence-corrected chi connectivity index (χ0v) is 10.2. The number of ether oxygens (including phenoxy) is 1. The fourth-order valence-electron chi connectivity index (χ4n) is 1.48. The van der Waals surface area contributed by atoms with Crippen molar-refractivity contribution in [3.8, 4) is 5.75 Å². The zero-order chi connectivity index (χ0) is 12.0. The number of nitrogens with zero attached hydrogens (tertiary/aromatic N) is 1. The Morgan fingerprint density at radius 2 is 2.25 bits per heavy atom. The summed E-state index contributed by atoms with van der Waals surface area (Å²) in [4.78, 5) is 15.1. The van der Waals surface area contributed by atoms with Crippen molar-refractivity contribution in [1.29, 1.82) is 0 Å². The summed E-state index contributed by atoms with van der Waals surface area (Å²) in [6.07, 6.45) is 4.15. The van der Waals surface area contributed by atoms with Crippen molar-refractivity contribution in [1.82, 2.24) is 4.98 Å². The number of rotatable bonds is 6. The Kier molecular flexibility index (Phi) is 4.96. The summed E-state index contributed by atoms with van der Waals surface area (Å²) in [5, 5.41) is 0. The first-order valence-corrected chi connectivity index (χ1v) is 5.69. The normalized spacial score (nSPS) is 10.5. The molecule has 1 heterocycles. The van der Waals surface area contributed by atoms with Crippen LogP contribution < -0.4 is 4.74 Å². The lowest BCUT2D eigenvalue weighted by Crippen LogP contribution is -2.08. The molecular weight excluding hydrogens is 202 g/mol. The second-order valence-electron chi connectivity index (χ2n) is 4.17. The van der Waals surface area contributed by atoms with Gasteiger partial charge in [-0.2, -0.15) is 0 Å². The molecule has 1 rings (SSSR count). The van der Waals surface area contributed by atoms with Gasteiger partial charge in [0, 0.05) is 12.6 Å². The number of aromatic nitrogens is 1. The van der Waals surface area contributed by atoms with E-state index in [-0.39, 0.29) is 11.9 Å². The summed E-state index contributed by atoms with van der Waals surface area (Å²) < 4.78 is 5.66. The number of pyridine rings is 1. The van der Waals surface area contributed by atoms with E-state index in [2.05, 4.69) is 4.98 Å². The molecular formula is C13H19NO2. The molecule has 0 N–H and O–H groups in total. The van der Waals surface area contributed by atoms with Gasteiger partial charge in [0.2, 0.25) is 0 Å². The van der Waals surface area contributed by atoms with E-state index in [1.54, 1.807) is 13.1 Å². The van der Waals surface area contributed by atoms with E-state index in [1.165, 1.54) is 0 Å². The molecule has 0 saturated carbocycles. The van der Waals surface area contributed by atoms with E-state index in [4.69, 9.17) is 4.74 Å². The van der Waals surface area contributed by atoms with Gasteiger partial charge in [-0.15, -0.1) is 0 Å². The fraction of sp³-hybridized carbons (Fsp3) is 0.538. The minimum Gasteiger partial charge on any atom is -0.489 e. The highest BCUT2D eigenvalue weighted by molar-refractivity contribution is 5.75. The van der Waals surface area contributed by atoms with Crippen LogP contribution in [-0.2, 0) is 11.2 Å². The lowest BCUT2D eigenvalue weighted by molar-refractivity contribution is -0.117. The molecule has 88 valence electrons. The lowest BCUT2D eigenvalue weighted by Gasteiger charge is -2.12. The first kappa shape index (κ1) is 12.7. The van der Waals surface area contributed by atoms with Crippen molar-refractivity contribution in [2.24, 2.45) is 0 Å². The smallest absolute Gasteiger partial charge is 0.141 e. The Morgan fingerprint density at radius 1 is 1.50 bits per heavy atom. The molecule has 3 heteroatoms. The molecule has 0 fully saturated rings. The summed E-state index contributed by atoms with van der Waals surface area (Å²) in [6.45, 7) is 5.60. The Labute approximate surface area is 96.8 Å². The van der Waals surface area contributed by atoms with Crippen LogP contribution in [0.5, 0.6) is 5.75 Å². The Hall–Kier alpha value is -1.38. The average Bonchev–Trinajstić information content (AvgIpc) is 2.19. The molecule has 1 aromatic rings. The Morgan fingerprint density at radius 3 is 2.88 bits per heavy atom. The molecule has 0 aliphatic carbocycles. The minimum absolute atomic E-state index is 0.149. The van der Waals surface area contributed by atoms with Gasteiger partial charge < -0.3 is 9.53 Å². The molecule has 0 aromatic carbocycles. The van der Waals surface area contributed by atoms with Crippen LogP contribution in [0, 0.1) is 0 Å². The van der Waals surface area contributed by atoms with E-state index in [9.17, 15) is 4.79 Å². The third-order valence-corrected chi connectivity index (χ3v) is 2.15. The Balaban J connectivity index is 2.60. The van der Waals surface area contributed by atoms with Crippen molar-refractivity contribution >= 4 is 5.78 Å². The predicted molar refractivity (Wildman–Crippen MR) is 63.6 cm³/mol. The number of hydrogen-bond acceptors (Lipinski definition) is 3. The van der Waals surface area contributed by atoms with Gasteiger partial charge in [0.15, 0.2) is 0 Å². The number of ketones is 1. The third kappa shape index (κ3) is 4.43. The number of carbonyl (C=O) groups is 1. The molecule has 0 radical (unpaired) electrons. The first-order valence-electron chi connectivity index (χ1n) is 5.69. The van der Waals surface area contributed by atoms with E-state index >= 15 is 0 Å². The monoisotopic (exact) mass is 221 g/mol. The standard InChI is InChI=1S/C13H19NO2/c1-10(2)16-13-8-5-9-14-12(13)7-4-6-11(3)15/h5,8-10H,4,6-7H2,1-3H3. The van der Waals surface area contributed by atoms with Gasteiger partial charge in [-0.3, -0.25) is 4.98 Å². The van der Waals surface area contributed by atoms with E-state index in [0.717, 1.165) is 24.3 Å². The molecule has 3 nitrogen and oxygen atoms in total. The van der Waals surface area contributed by atoms with Gasteiger partial charge in [-0.1, -0.05) is 0 Å². The topological polar surface area (TPSA) is 39.2 Å². The molecule has 1 aromatic heterocycles. The third-order valence-electron chi connectivity index (χ3n) is 2.15. The second kappa shape index (κ2) is 6.26. The summed E-state index contributed by atoms with van der Waals surface area (Å²) in [5.41, 5.74) is 0.942. The molecule has 0 aliphatic rings. The first-order chi connectivity index (χ1) is 7.59. The highest BCUT2D eigenvalue weighted by Crippen LogP contribution is 2.18. The van der Waals surface area contributed by atoms with Gasteiger partial charge in [0.05, 0.1) is 11.8 Å². The summed E-state index contributed by atoms with van der Waals surface area (Å²) in [7, 11) is 0. The SMILES string of the molecule is CC(=O)CCCc1ncccc1OC(C)C. The molecule has 0 unspecified atom stereocenters. The molecule has 0 spiro atoms. The van der Waals surface area contributed by atoms with Crippen LogP contribution in [0.15, 0.2) is 18.3 Å². The number of carbonyl (C=O) groups excluding carboxylic acids is 1. The van der Waals surface area contributed by atoms with E-state index < -0.39 is 0 Å². The summed E-state index contributed by atoms with van der Waals surface area (Å²) >= 11 is 0. The molecule has 0 amide bonds. The fourth-order valence-corrected chi connectivity index (χ4v) is 1.48. The quantitative estimate of drug-likeness (QED) is 0.741. The van der Waals surface area contributed by atoms with Crippen LogP contribution in [0.25, 0.3) is 0 Å². The Bertz CT molecular complexity index is 348. The maximum absolute atomic E-state index is 10.8. The zero-order valence-electron chi connectivity index (χ0n) is 10.2. The molecule has 0 bridgehead atoms.